The lowest BCUT2D eigenvalue weighted by molar-refractivity contribution is 0.473. The standard InChI is InChI=1S/C12H21NS2/c1-4-11(12-6-5-7-15-12)13-8-10(2)9-14-3/h5-7,10-11,13H,4,8-9H2,1-3H3. The molecule has 0 fully saturated rings. The minimum Gasteiger partial charge on any atom is -0.309 e. The van der Waals surface area contributed by atoms with E-state index in [1.807, 2.05) is 23.1 Å². The van der Waals surface area contributed by atoms with E-state index in [0.29, 0.717) is 6.04 Å². The van der Waals surface area contributed by atoms with Crippen molar-refractivity contribution >= 4 is 23.1 Å². The minimum atomic E-state index is 0.550. The lowest BCUT2D eigenvalue weighted by Gasteiger charge is -2.18. The Balaban J connectivity index is 2.35. The van der Waals surface area contributed by atoms with Gasteiger partial charge < -0.3 is 5.32 Å². The smallest absolute Gasteiger partial charge is 0.0412 e. The molecular weight excluding hydrogens is 222 g/mol. The van der Waals surface area contributed by atoms with Gasteiger partial charge in [0.1, 0.15) is 0 Å². The largest absolute Gasteiger partial charge is 0.309 e. The maximum Gasteiger partial charge on any atom is 0.0412 e. The van der Waals surface area contributed by atoms with Crippen LogP contribution < -0.4 is 5.32 Å². The van der Waals surface area contributed by atoms with Gasteiger partial charge >= 0.3 is 0 Å². The average Bonchev–Trinajstić information content (AvgIpc) is 2.72. The first-order valence-corrected chi connectivity index (χ1v) is 7.81. The second-order valence-corrected chi connectivity index (χ2v) is 5.83. The fourth-order valence-electron chi connectivity index (χ4n) is 1.62. The molecule has 1 aromatic heterocycles. The van der Waals surface area contributed by atoms with E-state index >= 15 is 0 Å². The summed E-state index contributed by atoms with van der Waals surface area (Å²) in [6.45, 7) is 5.68. The summed E-state index contributed by atoms with van der Waals surface area (Å²) in [5.74, 6) is 2.00. The molecule has 0 spiro atoms. The van der Waals surface area contributed by atoms with Crippen LogP contribution in [0.15, 0.2) is 17.5 Å². The van der Waals surface area contributed by atoms with Gasteiger partial charge in [0, 0.05) is 10.9 Å². The van der Waals surface area contributed by atoms with Gasteiger partial charge in [-0.1, -0.05) is 19.9 Å². The van der Waals surface area contributed by atoms with Crippen LogP contribution in [0.3, 0.4) is 0 Å². The average molecular weight is 243 g/mol. The summed E-state index contributed by atoms with van der Waals surface area (Å²) in [6, 6.07) is 4.91. The Bertz CT molecular complexity index is 246. The topological polar surface area (TPSA) is 12.0 Å². The highest BCUT2D eigenvalue weighted by Gasteiger charge is 2.10. The molecule has 1 nitrogen and oxygen atoms in total. The lowest BCUT2D eigenvalue weighted by Crippen LogP contribution is -2.26. The van der Waals surface area contributed by atoms with Gasteiger partial charge in [-0.2, -0.15) is 11.8 Å². The van der Waals surface area contributed by atoms with E-state index in [-0.39, 0.29) is 0 Å². The summed E-state index contributed by atoms with van der Waals surface area (Å²) in [5, 5.41) is 5.81. The van der Waals surface area contributed by atoms with Gasteiger partial charge in [-0.25, -0.2) is 0 Å². The normalized spacial score (nSPS) is 15.1. The van der Waals surface area contributed by atoms with Crippen LogP contribution >= 0.6 is 23.1 Å². The molecule has 0 saturated heterocycles. The Labute approximate surface area is 102 Å². The third kappa shape index (κ3) is 4.58. The number of thiophene rings is 1. The molecular formula is C12H21NS2. The number of hydrogen-bond donors (Lipinski definition) is 1. The van der Waals surface area contributed by atoms with Gasteiger partial charge in [-0.3, -0.25) is 0 Å². The summed E-state index contributed by atoms with van der Waals surface area (Å²) in [7, 11) is 0. The van der Waals surface area contributed by atoms with E-state index < -0.39 is 0 Å². The number of nitrogens with one attached hydrogen (secondary N) is 1. The monoisotopic (exact) mass is 243 g/mol. The highest BCUT2D eigenvalue weighted by atomic mass is 32.2. The summed E-state index contributed by atoms with van der Waals surface area (Å²) in [5.41, 5.74) is 0. The van der Waals surface area contributed by atoms with E-state index in [4.69, 9.17) is 0 Å². The first kappa shape index (κ1) is 13.1. The molecule has 1 aromatic rings. The SMILES string of the molecule is CCC(NCC(C)CSC)c1cccs1. The van der Waals surface area contributed by atoms with Crippen LogP contribution in [0, 0.1) is 5.92 Å². The number of rotatable bonds is 7. The second kappa shape index (κ2) is 7.31. The van der Waals surface area contributed by atoms with Crippen LogP contribution in [0.1, 0.15) is 31.2 Å². The zero-order chi connectivity index (χ0) is 11.1. The van der Waals surface area contributed by atoms with Crippen LogP contribution in [-0.4, -0.2) is 18.6 Å². The van der Waals surface area contributed by atoms with Crippen LogP contribution in [0.25, 0.3) is 0 Å². The predicted molar refractivity (Wildman–Crippen MR) is 72.9 cm³/mol. The van der Waals surface area contributed by atoms with Crippen LogP contribution in [0.5, 0.6) is 0 Å². The molecule has 0 aliphatic carbocycles. The molecule has 86 valence electrons. The van der Waals surface area contributed by atoms with Crippen LogP contribution in [-0.2, 0) is 0 Å². The zero-order valence-corrected chi connectivity index (χ0v) is 11.5. The molecule has 15 heavy (non-hydrogen) atoms. The van der Waals surface area contributed by atoms with E-state index in [9.17, 15) is 0 Å². The van der Waals surface area contributed by atoms with Gasteiger partial charge in [0.15, 0.2) is 0 Å². The van der Waals surface area contributed by atoms with Gasteiger partial charge in [0.05, 0.1) is 0 Å². The first-order chi connectivity index (χ1) is 7.27. The summed E-state index contributed by atoms with van der Waals surface area (Å²) in [4.78, 5) is 1.47. The van der Waals surface area contributed by atoms with Gasteiger partial charge in [0.25, 0.3) is 0 Å². The summed E-state index contributed by atoms with van der Waals surface area (Å²) < 4.78 is 0. The molecule has 0 amide bonds. The number of hydrogen-bond acceptors (Lipinski definition) is 3. The molecule has 1 heterocycles. The first-order valence-electron chi connectivity index (χ1n) is 5.53. The highest BCUT2D eigenvalue weighted by molar-refractivity contribution is 7.98. The van der Waals surface area contributed by atoms with Crippen molar-refractivity contribution in [3.63, 3.8) is 0 Å². The third-order valence-electron chi connectivity index (χ3n) is 2.46. The van der Waals surface area contributed by atoms with Gasteiger partial charge in [-0.15, -0.1) is 11.3 Å². The fourth-order valence-corrected chi connectivity index (χ4v) is 3.20. The van der Waals surface area contributed by atoms with Crippen molar-refractivity contribution in [3.8, 4) is 0 Å². The van der Waals surface area contributed by atoms with Crippen molar-refractivity contribution in [2.45, 2.75) is 26.3 Å². The van der Waals surface area contributed by atoms with Gasteiger partial charge in [0.2, 0.25) is 0 Å². The maximum atomic E-state index is 3.65. The molecule has 0 aliphatic heterocycles. The molecule has 0 saturated carbocycles. The Kier molecular flexibility index (Phi) is 6.37. The zero-order valence-electron chi connectivity index (χ0n) is 9.82. The molecule has 2 atom stereocenters. The molecule has 2 unspecified atom stereocenters. The van der Waals surface area contributed by atoms with Crippen molar-refractivity contribution in [2.24, 2.45) is 5.92 Å². The molecule has 1 N–H and O–H groups in total. The molecule has 3 heteroatoms. The van der Waals surface area contributed by atoms with Gasteiger partial charge in [-0.05, 0) is 42.3 Å². The predicted octanol–water partition coefficient (Wildman–Crippen LogP) is 3.79. The fraction of sp³-hybridized carbons (Fsp3) is 0.667. The van der Waals surface area contributed by atoms with Crippen LogP contribution in [0.4, 0.5) is 0 Å². The minimum absolute atomic E-state index is 0.550. The van der Waals surface area contributed by atoms with Crippen molar-refractivity contribution in [3.05, 3.63) is 22.4 Å². The number of thioether (sulfide) groups is 1. The summed E-state index contributed by atoms with van der Waals surface area (Å²) >= 11 is 3.78. The van der Waals surface area contributed by atoms with E-state index in [1.54, 1.807) is 0 Å². The van der Waals surface area contributed by atoms with E-state index in [2.05, 4.69) is 42.9 Å². The molecule has 0 radical (unpaired) electrons. The molecule has 0 aromatic carbocycles. The summed E-state index contributed by atoms with van der Waals surface area (Å²) in [6.07, 6.45) is 3.35. The Morgan fingerprint density at radius 1 is 1.53 bits per heavy atom. The molecule has 0 bridgehead atoms. The third-order valence-corrected chi connectivity index (χ3v) is 4.35. The quantitative estimate of drug-likeness (QED) is 0.782. The Hall–Kier alpha value is 0.01000. The highest BCUT2D eigenvalue weighted by Crippen LogP contribution is 2.21. The van der Waals surface area contributed by atoms with Crippen LogP contribution in [0.2, 0.25) is 0 Å². The lowest BCUT2D eigenvalue weighted by atomic mass is 10.1. The molecule has 0 aliphatic rings. The molecule has 1 rings (SSSR count). The van der Waals surface area contributed by atoms with Crippen molar-refractivity contribution in [2.75, 3.05) is 18.6 Å². The Morgan fingerprint density at radius 2 is 2.33 bits per heavy atom. The van der Waals surface area contributed by atoms with Crippen molar-refractivity contribution in [1.29, 1.82) is 0 Å². The van der Waals surface area contributed by atoms with Crippen molar-refractivity contribution in [1.82, 2.24) is 5.32 Å². The Morgan fingerprint density at radius 3 is 2.87 bits per heavy atom. The maximum absolute atomic E-state index is 3.65. The van der Waals surface area contributed by atoms with Crippen molar-refractivity contribution < 1.29 is 0 Å². The van der Waals surface area contributed by atoms with E-state index in [1.165, 1.54) is 17.1 Å². The second-order valence-electron chi connectivity index (χ2n) is 3.95. The van der Waals surface area contributed by atoms with E-state index in [0.717, 1.165) is 12.5 Å².